The van der Waals surface area contributed by atoms with E-state index in [-0.39, 0.29) is 23.7 Å². The van der Waals surface area contributed by atoms with Crippen molar-refractivity contribution >= 4 is 29.0 Å². The minimum atomic E-state index is -0.136. The van der Waals surface area contributed by atoms with Gasteiger partial charge in [-0.05, 0) is 50.5 Å². The van der Waals surface area contributed by atoms with E-state index < -0.39 is 0 Å². The normalized spacial score (nSPS) is 14.3. The first-order chi connectivity index (χ1) is 16.3. The molecule has 0 spiro atoms. The number of anilines is 3. The van der Waals surface area contributed by atoms with E-state index in [0.717, 1.165) is 47.0 Å². The van der Waals surface area contributed by atoms with Crippen molar-refractivity contribution in [2.45, 2.75) is 40.5 Å². The summed E-state index contributed by atoms with van der Waals surface area (Å²) in [6.45, 7) is 9.08. The number of carbonyl (C=O) groups excluding carboxylic acids is 2. The van der Waals surface area contributed by atoms with Gasteiger partial charge in [-0.25, -0.2) is 4.68 Å². The van der Waals surface area contributed by atoms with Crippen LogP contribution in [0.3, 0.4) is 0 Å². The zero-order valence-electron chi connectivity index (χ0n) is 20.3. The predicted molar refractivity (Wildman–Crippen MR) is 137 cm³/mol. The molecule has 2 amide bonds. The SMILES string of the molecule is Cc1ccccc1NC(=O)C1CCN(c2c(NC(=O)C(C)C)c(C)nn2-c2ccccc2)CC1. The lowest BCUT2D eigenvalue weighted by Crippen LogP contribution is -2.39. The standard InChI is InChI=1S/C27H33N5O2/c1-18(2)25(33)29-24-20(4)30-32(22-11-6-5-7-12-22)27(24)31-16-14-21(15-17-31)26(34)28-23-13-9-8-10-19(23)3/h5-13,18,21H,14-17H2,1-4H3,(H,28,34)(H,29,33). The van der Waals surface area contributed by atoms with Gasteiger partial charge in [0.2, 0.25) is 11.8 Å². The summed E-state index contributed by atoms with van der Waals surface area (Å²) < 4.78 is 1.90. The molecular formula is C27H33N5O2. The highest BCUT2D eigenvalue weighted by atomic mass is 16.2. The van der Waals surface area contributed by atoms with Gasteiger partial charge in [0.1, 0.15) is 5.69 Å². The second-order valence-electron chi connectivity index (χ2n) is 9.24. The summed E-state index contributed by atoms with van der Waals surface area (Å²) in [5, 5.41) is 11.0. The number of amides is 2. The number of para-hydroxylation sites is 2. The van der Waals surface area contributed by atoms with Gasteiger partial charge >= 0.3 is 0 Å². The third-order valence-electron chi connectivity index (χ3n) is 6.38. The largest absolute Gasteiger partial charge is 0.355 e. The van der Waals surface area contributed by atoms with Crippen LogP contribution < -0.4 is 15.5 Å². The Bertz CT molecular complexity index is 1160. The Morgan fingerprint density at radius 3 is 2.24 bits per heavy atom. The van der Waals surface area contributed by atoms with E-state index in [4.69, 9.17) is 5.10 Å². The van der Waals surface area contributed by atoms with Gasteiger partial charge in [0.05, 0.1) is 11.4 Å². The molecule has 4 rings (SSSR count). The molecule has 3 aromatic rings. The Balaban J connectivity index is 1.56. The molecule has 178 valence electrons. The first kappa shape index (κ1) is 23.5. The molecule has 1 aliphatic rings. The molecule has 2 N–H and O–H groups in total. The van der Waals surface area contributed by atoms with Crippen LogP contribution in [0.25, 0.3) is 5.69 Å². The predicted octanol–water partition coefficient (Wildman–Crippen LogP) is 4.94. The number of carbonyl (C=O) groups is 2. The van der Waals surface area contributed by atoms with Crippen molar-refractivity contribution in [1.29, 1.82) is 0 Å². The Labute approximate surface area is 201 Å². The highest BCUT2D eigenvalue weighted by Crippen LogP contribution is 2.35. The van der Waals surface area contributed by atoms with E-state index in [1.54, 1.807) is 0 Å². The summed E-state index contributed by atoms with van der Waals surface area (Å²) in [6.07, 6.45) is 1.46. The highest BCUT2D eigenvalue weighted by molar-refractivity contribution is 5.96. The fourth-order valence-corrected chi connectivity index (χ4v) is 4.27. The lowest BCUT2D eigenvalue weighted by atomic mass is 9.95. The molecule has 0 aliphatic carbocycles. The number of aromatic nitrogens is 2. The highest BCUT2D eigenvalue weighted by Gasteiger charge is 2.30. The maximum Gasteiger partial charge on any atom is 0.227 e. The minimum absolute atomic E-state index is 0.0375. The zero-order chi connectivity index (χ0) is 24.2. The number of rotatable bonds is 6. The minimum Gasteiger partial charge on any atom is -0.355 e. The van der Waals surface area contributed by atoms with E-state index >= 15 is 0 Å². The van der Waals surface area contributed by atoms with Crippen LogP contribution in [-0.4, -0.2) is 34.7 Å². The molecule has 7 nitrogen and oxygen atoms in total. The number of aryl methyl sites for hydroxylation is 2. The second kappa shape index (κ2) is 10.1. The molecular weight excluding hydrogens is 426 g/mol. The molecule has 0 saturated carbocycles. The monoisotopic (exact) mass is 459 g/mol. The fraction of sp³-hybridized carbons (Fsp3) is 0.370. The van der Waals surface area contributed by atoms with Gasteiger partial charge in [0.25, 0.3) is 0 Å². The van der Waals surface area contributed by atoms with Crippen LogP contribution in [0, 0.1) is 25.7 Å². The molecule has 1 fully saturated rings. The number of nitrogens with one attached hydrogen (secondary N) is 2. The van der Waals surface area contributed by atoms with E-state index in [1.807, 2.05) is 87.0 Å². The lowest BCUT2D eigenvalue weighted by Gasteiger charge is -2.34. The van der Waals surface area contributed by atoms with Crippen LogP contribution >= 0.6 is 0 Å². The third-order valence-corrected chi connectivity index (χ3v) is 6.38. The van der Waals surface area contributed by atoms with Crippen LogP contribution in [0.2, 0.25) is 0 Å². The van der Waals surface area contributed by atoms with Crippen molar-refractivity contribution in [3.63, 3.8) is 0 Å². The Kier molecular flexibility index (Phi) is 7.01. The summed E-state index contributed by atoms with van der Waals surface area (Å²) in [7, 11) is 0. The lowest BCUT2D eigenvalue weighted by molar-refractivity contribution is -0.120. The number of hydrogen-bond acceptors (Lipinski definition) is 4. The van der Waals surface area contributed by atoms with Gasteiger partial charge < -0.3 is 15.5 Å². The van der Waals surface area contributed by atoms with Crippen molar-refractivity contribution in [3.05, 3.63) is 65.9 Å². The van der Waals surface area contributed by atoms with Crippen molar-refractivity contribution in [2.75, 3.05) is 28.6 Å². The van der Waals surface area contributed by atoms with Crippen molar-refractivity contribution in [2.24, 2.45) is 11.8 Å². The number of piperidine rings is 1. The molecule has 7 heteroatoms. The van der Waals surface area contributed by atoms with E-state index in [0.29, 0.717) is 13.1 Å². The summed E-state index contributed by atoms with van der Waals surface area (Å²) in [4.78, 5) is 27.7. The molecule has 1 aromatic heterocycles. The van der Waals surface area contributed by atoms with Crippen molar-refractivity contribution in [3.8, 4) is 5.69 Å². The first-order valence-corrected chi connectivity index (χ1v) is 11.9. The van der Waals surface area contributed by atoms with Crippen LogP contribution in [-0.2, 0) is 9.59 Å². The van der Waals surface area contributed by atoms with Gasteiger partial charge in [0.15, 0.2) is 5.82 Å². The average Bonchev–Trinajstić information content (AvgIpc) is 3.17. The molecule has 0 radical (unpaired) electrons. The van der Waals surface area contributed by atoms with Crippen LogP contribution in [0.4, 0.5) is 17.2 Å². The second-order valence-corrected chi connectivity index (χ2v) is 9.24. The Morgan fingerprint density at radius 1 is 0.941 bits per heavy atom. The zero-order valence-corrected chi connectivity index (χ0v) is 20.3. The quantitative estimate of drug-likeness (QED) is 0.547. The summed E-state index contributed by atoms with van der Waals surface area (Å²) in [5.41, 5.74) is 4.37. The molecule has 34 heavy (non-hydrogen) atoms. The molecule has 2 heterocycles. The molecule has 0 atom stereocenters. The van der Waals surface area contributed by atoms with Crippen molar-refractivity contribution in [1.82, 2.24) is 9.78 Å². The van der Waals surface area contributed by atoms with E-state index in [9.17, 15) is 9.59 Å². The summed E-state index contributed by atoms with van der Waals surface area (Å²) in [5.74, 6) is 0.705. The van der Waals surface area contributed by atoms with Gasteiger partial charge in [-0.1, -0.05) is 50.2 Å². The van der Waals surface area contributed by atoms with Gasteiger partial charge in [-0.2, -0.15) is 5.10 Å². The number of nitrogens with zero attached hydrogens (tertiary/aromatic N) is 3. The molecule has 0 unspecified atom stereocenters. The number of benzene rings is 2. The molecule has 0 bridgehead atoms. The van der Waals surface area contributed by atoms with Crippen LogP contribution in [0.1, 0.15) is 37.9 Å². The number of hydrogen-bond donors (Lipinski definition) is 2. The van der Waals surface area contributed by atoms with Crippen molar-refractivity contribution < 1.29 is 9.59 Å². The van der Waals surface area contributed by atoms with E-state index in [1.165, 1.54) is 0 Å². The Hall–Kier alpha value is -3.61. The topological polar surface area (TPSA) is 79.3 Å². The average molecular weight is 460 g/mol. The first-order valence-electron chi connectivity index (χ1n) is 11.9. The van der Waals surface area contributed by atoms with Crippen LogP contribution in [0.15, 0.2) is 54.6 Å². The molecule has 1 aliphatic heterocycles. The maximum absolute atomic E-state index is 12.9. The Morgan fingerprint density at radius 2 is 1.59 bits per heavy atom. The molecule has 2 aromatic carbocycles. The molecule has 1 saturated heterocycles. The summed E-state index contributed by atoms with van der Waals surface area (Å²) in [6, 6.07) is 17.8. The smallest absolute Gasteiger partial charge is 0.227 e. The van der Waals surface area contributed by atoms with Crippen LogP contribution in [0.5, 0.6) is 0 Å². The fourth-order valence-electron chi connectivity index (χ4n) is 4.27. The van der Waals surface area contributed by atoms with Gasteiger partial charge in [0, 0.05) is 30.6 Å². The third kappa shape index (κ3) is 4.98. The maximum atomic E-state index is 12.9. The summed E-state index contributed by atoms with van der Waals surface area (Å²) >= 11 is 0. The van der Waals surface area contributed by atoms with Gasteiger partial charge in [-0.3, -0.25) is 9.59 Å². The van der Waals surface area contributed by atoms with Gasteiger partial charge in [-0.15, -0.1) is 0 Å². The van der Waals surface area contributed by atoms with E-state index in [2.05, 4.69) is 15.5 Å².